The summed E-state index contributed by atoms with van der Waals surface area (Å²) in [4.78, 5) is 0. The van der Waals surface area contributed by atoms with Crippen LogP contribution in [0.25, 0.3) is 0 Å². The standard InChI is InChI=1S/C8H16O6/c1-2-13-8-7(12)6(11)5(10)4(3-9)14-8/h4-12H,2-3H2,1H3/t4-,5+,6-,7+,8+/m1/s1. The third-order valence-electron chi connectivity index (χ3n) is 2.18. The monoisotopic (exact) mass is 208 g/mol. The van der Waals surface area contributed by atoms with E-state index in [9.17, 15) is 15.3 Å². The normalized spacial score (nSPS) is 43.9. The van der Waals surface area contributed by atoms with Crippen molar-refractivity contribution in [1.82, 2.24) is 0 Å². The zero-order valence-electron chi connectivity index (χ0n) is 7.91. The second-order valence-electron chi connectivity index (χ2n) is 3.15. The predicted octanol–water partition coefficient (Wildman–Crippen LogP) is -2.18. The maximum Gasteiger partial charge on any atom is 0.186 e. The Morgan fingerprint density at radius 3 is 2.29 bits per heavy atom. The van der Waals surface area contributed by atoms with Crippen molar-refractivity contribution in [3.8, 4) is 0 Å². The Labute approximate surface area is 81.7 Å². The summed E-state index contributed by atoms with van der Waals surface area (Å²) in [6.07, 6.45) is -5.89. The first kappa shape index (κ1) is 11.8. The van der Waals surface area contributed by atoms with E-state index in [1.165, 1.54) is 0 Å². The van der Waals surface area contributed by atoms with Crippen LogP contribution >= 0.6 is 0 Å². The topological polar surface area (TPSA) is 99.4 Å². The fourth-order valence-corrected chi connectivity index (χ4v) is 1.37. The van der Waals surface area contributed by atoms with Gasteiger partial charge in [0, 0.05) is 6.61 Å². The smallest absolute Gasteiger partial charge is 0.186 e. The quantitative estimate of drug-likeness (QED) is 0.421. The van der Waals surface area contributed by atoms with Crippen molar-refractivity contribution in [3.63, 3.8) is 0 Å². The van der Waals surface area contributed by atoms with Crippen LogP contribution in [0.5, 0.6) is 0 Å². The van der Waals surface area contributed by atoms with Crippen molar-refractivity contribution in [2.75, 3.05) is 13.2 Å². The van der Waals surface area contributed by atoms with E-state index in [-0.39, 0.29) is 0 Å². The first-order chi connectivity index (χ1) is 6.61. The largest absolute Gasteiger partial charge is 0.394 e. The van der Waals surface area contributed by atoms with Gasteiger partial charge in [-0.05, 0) is 6.92 Å². The molecule has 84 valence electrons. The molecule has 6 heteroatoms. The Balaban J connectivity index is 2.63. The summed E-state index contributed by atoms with van der Waals surface area (Å²) in [6.45, 7) is 1.58. The van der Waals surface area contributed by atoms with Gasteiger partial charge in [-0.15, -0.1) is 0 Å². The number of ether oxygens (including phenoxy) is 2. The Bertz CT molecular complexity index is 171. The highest BCUT2D eigenvalue weighted by Crippen LogP contribution is 2.21. The summed E-state index contributed by atoms with van der Waals surface area (Å²) in [5.74, 6) is 0. The summed E-state index contributed by atoms with van der Waals surface area (Å²) in [7, 11) is 0. The molecule has 1 heterocycles. The van der Waals surface area contributed by atoms with Gasteiger partial charge in [-0.3, -0.25) is 0 Å². The third kappa shape index (κ3) is 2.22. The number of rotatable bonds is 3. The van der Waals surface area contributed by atoms with Crippen LogP contribution in [0.4, 0.5) is 0 Å². The highest BCUT2D eigenvalue weighted by atomic mass is 16.7. The fourth-order valence-electron chi connectivity index (χ4n) is 1.37. The highest BCUT2D eigenvalue weighted by Gasteiger charge is 2.43. The Morgan fingerprint density at radius 1 is 1.14 bits per heavy atom. The van der Waals surface area contributed by atoms with Gasteiger partial charge in [-0.1, -0.05) is 0 Å². The molecule has 0 aromatic rings. The van der Waals surface area contributed by atoms with Crippen molar-refractivity contribution < 1.29 is 29.9 Å². The van der Waals surface area contributed by atoms with E-state index in [1.807, 2.05) is 0 Å². The molecule has 1 aliphatic heterocycles. The lowest BCUT2D eigenvalue weighted by atomic mass is 9.99. The van der Waals surface area contributed by atoms with Crippen molar-refractivity contribution >= 4 is 0 Å². The zero-order chi connectivity index (χ0) is 10.7. The number of hydrogen-bond donors (Lipinski definition) is 4. The zero-order valence-corrected chi connectivity index (χ0v) is 7.91. The summed E-state index contributed by atoms with van der Waals surface area (Å²) in [5, 5.41) is 36.9. The van der Waals surface area contributed by atoms with Crippen molar-refractivity contribution in [2.45, 2.75) is 37.6 Å². The molecule has 0 aliphatic carbocycles. The first-order valence-electron chi connectivity index (χ1n) is 4.54. The van der Waals surface area contributed by atoms with Crippen LogP contribution in [0.2, 0.25) is 0 Å². The molecule has 0 unspecified atom stereocenters. The molecule has 0 saturated carbocycles. The molecule has 0 amide bonds. The second kappa shape index (κ2) is 5.01. The molecular weight excluding hydrogens is 192 g/mol. The van der Waals surface area contributed by atoms with Crippen molar-refractivity contribution in [1.29, 1.82) is 0 Å². The molecule has 0 aromatic carbocycles. The van der Waals surface area contributed by atoms with E-state index in [0.29, 0.717) is 6.61 Å². The molecule has 0 spiro atoms. The number of aliphatic hydroxyl groups excluding tert-OH is 4. The van der Waals surface area contributed by atoms with Gasteiger partial charge in [0.05, 0.1) is 6.61 Å². The highest BCUT2D eigenvalue weighted by molar-refractivity contribution is 4.88. The van der Waals surface area contributed by atoms with Crippen LogP contribution in [0.1, 0.15) is 6.92 Å². The third-order valence-corrected chi connectivity index (χ3v) is 2.18. The predicted molar refractivity (Wildman–Crippen MR) is 45.4 cm³/mol. The van der Waals surface area contributed by atoms with E-state index in [2.05, 4.69) is 0 Å². The van der Waals surface area contributed by atoms with Gasteiger partial charge in [0.25, 0.3) is 0 Å². The molecule has 6 nitrogen and oxygen atoms in total. The SMILES string of the molecule is CCO[C@H]1O[C@H](CO)[C@H](O)[C@@H](O)[C@@H]1O. The summed E-state index contributed by atoms with van der Waals surface area (Å²) < 4.78 is 10.0. The van der Waals surface area contributed by atoms with Crippen LogP contribution < -0.4 is 0 Å². The molecule has 14 heavy (non-hydrogen) atoms. The maximum absolute atomic E-state index is 9.41. The molecule has 5 atom stereocenters. The minimum absolute atomic E-state index is 0.308. The summed E-state index contributed by atoms with van der Waals surface area (Å²) in [6, 6.07) is 0. The van der Waals surface area contributed by atoms with Crippen LogP contribution in [-0.2, 0) is 9.47 Å². The average Bonchev–Trinajstić information content (AvgIpc) is 2.19. The lowest BCUT2D eigenvalue weighted by Crippen LogP contribution is -2.59. The van der Waals surface area contributed by atoms with Gasteiger partial charge < -0.3 is 29.9 Å². The molecule has 1 saturated heterocycles. The Kier molecular flexibility index (Phi) is 4.24. The van der Waals surface area contributed by atoms with Crippen LogP contribution in [-0.4, -0.2) is 64.3 Å². The van der Waals surface area contributed by atoms with Gasteiger partial charge in [0.2, 0.25) is 0 Å². The minimum Gasteiger partial charge on any atom is -0.394 e. The van der Waals surface area contributed by atoms with Gasteiger partial charge in [-0.2, -0.15) is 0 Å². The molecule has 1 fully saturated rings. The van der Waals surface area contributed by atoms with E-state index < -0.39 is 37.3 Å². The summed E-state index contributed by atoms with van der Waals surface area (Å²) in [5.41, 5.74) is 0. The van der Waals surface area contributed by atoms with Crippen LogP contribution in [0.15, 0.2) is 0 Å². The molecule has 1 aliphatic rings. The molecule has 0 radical (unpaired) electrons. The van der Waals surface area contributed by atoms with Crippen LogP contribution in [0.3, 0.4) is 0 Å². The van der Waals surface area contributed by atoms with E-state index in [0.717, 1.165) is 0 Å². The fraction of sp³-hybridized carbons (Fsp3) is 1.00. The Morgan fingerprint density at radius 2 is 1.79 bits per heavy atom. The lowest BCUT2D eigenvalue weighted by molar-refractivity contribution is -0.300. The maximum atomic E-state index is 9.41. The van der Waals surface area contributed by atoms with Gasteiger partial charge >= 0.3 is 0 Å². The Hall–Kier alpha value is -0.240. The number of hydrogen-bond acceptors (Lipinski definition) is 6. The van der Waals surface area contributed by atoms with Gasteiger partial charge in [0.15, 0.2) is 6.29 Å². The van der Waals surface area contributed by atoms with E-state index in [4.69, 9.17) is 14.6 Å². The average molecular weight is 208 g/mol. The van der Waals surface area contributed by atoms with Crippen LogP contribution in [0, 0.1) is 0 Å². The van der Waals surface area contributed by atoms with E-state index in [1.54, 1.807) is 6.92 Å². The summed E-state index contributed by atoms with van der Waals surface area (Å²) >= 11 is 0. The molecule has 0 aromatic heterocycles. The first-order valence-corrected chi connectivity index (χ1v) is 4.54. The number of aliphatic hydroxyl groups is 4. The molecule has 1 rings (SSSR count). The molecular formula is C8H16O6. The van der Waals surface area contributed by atoms with Gasteiger partial charge in [-0.25, -0.2) is 0 Å². The van der Waals surface area contributed by atoms with E-state index >= 15 is 0 Å². The molecule has 0 bridgehead atoms. The second-order valence-corrected chi connectivity index (χ2v) is 3.15. The molecule has 4 N–H and O–H groups in total. The van der Waals surface area contributed by atoms with Crippen molar-refractivity contribution in [3.05, 3.63) is 0 Å². The minimum atomic E-state index is -1.36. The van der Waals surface area contributed by atoms with Gasteiger partial charge in [0.1, 0.15) is 24.4 Å². The lowest BCUT2D eigenvalue weighted by Gasteiger charge is -2.39. The van der Waals surface area contributed by atoms with Crippen molar-refractivity contribution in [2.24, 2.45) is 0 Å².